The number of hydrogen-bond acceptors (Lipinski definition) is 5. The van der Waals surface area contributed by atoms with Gasteiger partial charge in [0.2, 0.25) is 0 Å². The molecule has 122 valence electrons. The van der Waals surface area contributed by atoms with Crippen LogP contribution in [0.5, 0.6) is 5.75 Å². The molecule has 5 heteroatoms. The molecule has 0 fully saturated rings. The first-order chi connectivity index (χ1) is 11.7. The maximum Gasteiger partial charge on any atom is 0.331 e. The standard InChI is InChI=1S/C19H17NO3S/c1-13(23-19(21)8-7-18-11-20-12-24-18)14-3-4-16-10-17(22-2)6-5-15(16)9-14/h3-13H,1-2H3/b8-7+. The van der Waals surface area contributed by atoms with E-state index in [4.69, 9.17) is 9.47 Å². The molecule has 1 unspecified atom stereocenters. The average Bonchev–Trinajstić information content (AvgIpc) is 3.12. The Morgan fingerprint density at radius 1 is 1.21 bits per heavy atom. The highest BCUT2D eigenvalue weighted by molar-refractivity contribution is 7.10. The van der Waals surface area contributed by atoms with Crippen LogP contribution in [0.2, 0.25) is 0 Å². The topological polar surface area (TPSA) is 48.4 Å². The molecule has 0 saturated heterocycles. The highest BCUT2D eigenvalue weighted by Crippen LogP contribution is 2.25. The first-order valence-corrected chi connectivity index (χ1v) is 8.38. The average molecular weight is 339 g/mol. The number of benzene rings is 2. The van der Waals surface area contributed by atoms with E-state index in [-0.39, 0.29) is 12.1 Å². The molecule has 1 heterocycles. The second kappa shape index (κ2) is 7.27. The van der Waals surface area contributed by atoms with Crippen LogP contribution in [0, 0.1) is 0 Å². The molecule has 2 aromatic carbocycles. The van der Waals surface area contributed by atoms with E-state index in [1.165, 1.54) is 17.4 Å². The second-order valence-corrected chi connectivity index (χ2v) is 6.21. The van der Waals surface area contributed by atoms with Crippen LogP contribution in [0.1, 0.15) is 23.5 Å². The molecule has 24 heavy (non-hydrogen) atoms. The lowest BCUT2D eigenvalue weighted by atomic mass is 10.0. The molecule has 0 N–H and O–H groups in total. The van der Waals surface area contributed by atoms with Gasteiger partial charge in [0.1, 0.15) is 11.9 Å². The molecule has 0 aliphatic carbocycles. The Balaban J connectivity index is 1.71. The third-order valence-electron chi connectivity index (χ3n) is 3.67. The zero-order valence-electron chi connectivity index (χ0n) is 13.4. The van der Waals surface area contributed by atoms with E-state index in [1.807, 2.05) is 43.3 Å². The Morgan fingerprint density at radius 3 is 2.75 bits per heavy atom. The molecular weight excluding hydrogens is 322 g/mol. The first kappa shape index (κ1) is 16.2. The van der Waals surface area contributed by atoms with Gasteiger partial charge in [-0.3, -0.25) is 4.98 Å². The minimum absolute atomic E-state index is 0.324. The molecule has 0 amide bonds. The summed E-state index contributed by atoms with van der Waals surface area (Å²) in [5, 5.41) is 2.16. The van der Waals surface area contributed by atoms with E-state index >= 15 is 0 Å². The molecule has 1 atom stereocenters. The van der Waals surface area contributed by atoms with Crippen molar-refractivity contribution in [3.8, 4) is 5.75 Å². The summed E-state index contributed by atoms with van der Waals surface area (Å²) < 4.78 is 10.7. The molecule has 0 aliphatic rings. The van der Waals surface area contributed by atoms with Crippen molar-refractivity contribution in [2.24, 2.45) is 0 Å². The van der Waals surface area contributed by atoms with Gasteiger partial charge < -0.3 is 9.47 Å². The largest absolute Gasteiger partial charge is 0.497 e. The lowest BCUT2D eigenvalue weighted by molar-refractivity contribution is -0.142. The summed E-state index contributed by atoms with van der Waals surface area (Å²) in [4.78, 5) is 16.8. The number of nitrogens with zero attached hydrogens (tertiary/aromatic N) is 1. The fourth-order valence-corrected chi connectivity index (χ4v) is 2.87. The Morgan fingerprint density at radius 2 is 2.00 bits per heavy atom. The van der Waals surface area contributed by atoms with Crippen molar-refractivity contribution < 1.29 is 14.3 Å². The highest BCUT2D eigenvalue weighted by atomic mass is 32.1. The van der Waals surface area contributed by atoms with E-state index in [0.29, 0.717) is 0 Å². The van der Waals surface area contributed by atoms with Gasteiger partial charge in [-0.2, -0.15) is 0 Å². The lowest BCUT2D eigenvalue weighted by Crippen LogP contribution is -2.06. The molecule has 0 spiro atoms. The predicted octanol–water partition coefficient (Wildman–Crippen LogP) is 4.62. The minimum Gasteiger partial charge on any atom is -0.497 e. The summed E-state index contributed by atoms with van der Waals surface area (Å²) in [7, 11) is 1.65. The van der Waals surface area contributed by atoms with Crippen molar-refractivity contribution in [3.63, 3.8) is 0 Å². The Bertz CT molecular complexity index is 871. The summed E-state index contributed by atoms with van der Waals surface area (Å²) in [5.74, 6) is 0.452. The molecular formula is C19H17NO3S. The molecule has 0 radical (unpaired) electrons. The summed E-state index contributed by atoms with van der Waals surface area (Å²) in [6, 6.07) is 11.9. The number of esters is 1. The number of ether oxygens (including phenoxy) is 2. The van der Waals surface area contributed by atoms with Gasteiger partial charge in [0.05, 0.1) is 12.6 Å². The van der Waals surface area contributed by atoms with Crippen LogP contribution < -0.4 is 4.74 Å². The van der Waals surface area contributed by atoms with Crippen LogP contribution >= 0.6 is 11.3 Å². The van der Waals surface area contributed by atoms with Crippen molar-refractivity contribution in [1.82, 2.24) is 4.98 Å². The van der Waals surface area contributed by atoms with Gasteiger partial charge in [0, 0.05) is 17.2 Å². The summed E-state index contributed by atoms with van der Waals surface area (Å²) in [6.07, 6.45) is 4.51. The van der Waals surface area contributed by atoms with E-state index < -0.39 is 0 Å². The van der Waals surface area contributed by atoms with Crippen molar-refractivity contribution in [2.45, 2.75) is 13.0 Å². The zero-order valence-corrected chi connectivity index (χ0v) is 14.2. The van der Waals surface area contributed by atoms with Crippen LogP contribution in [0.25, 0.3) is 16.8 Å². The predicted molar refractivity (Wildman–Crippen MR) is 96.2 cm³/mol. The Kier molecular flexibility index (Phi) is 4.91. The molecule has 3 rings (SSSR count). The Labute approximate surface area is 144 Å². The molecule has 3 aromatic rings. The summed E-state index contributed by atoms with van der Waals surface area (Å²) >= 11 is 1.47. The molecule has 1 aromatic heterocycles. The third kappa shape index (κ3) is 3.81. The van der Waals surface area contributed by atoms with E-state index in [1.54, 1.807) is 24.9 Å². The van der Waals surface area contributed by atoms with Gasteiger partial charge in [0.15, 0.2) is 0 Å². The smallest absolute Gasteiger partial charge is 0.331 e. The highest BCUT2D eigenvalue weighted by Gasteiger charge is 2.10. The first-order valence-electron chi connectivity index (χ1n) is 7.50. The molecule has 0 bridgehead atoms. The van der Waals surface area contributed by atoms with E-state index in [2.05, 4.69) is 4.98 Å². The summed E-state index contributed by atoms with van der Waals surface area (Å²) in [5.41, 5.74) is 2.67. The van der Waals surface area contributed by atoms with Gasteiger partial charge in [-0.25, -0.2) is 4.79 Å². The minimum atomic E-state index is -0.370. The third-order valence-corrected chi connectivity index (χ3v) is 4.41. The van der Waals surface area contributed by atoms with Gasteiger partial charge in [0.25, 0.3) is 0 Å². The van der Waals surface area contributed by atoms with Gasteiger partial charge >= 0.3 is 5.97 Å². The van der Waals surface area contributed by atoms with Gasteiger partial charge in [-0.1, -0.05) is 18.2 Å². The monoisotopic (exact) mass is 339 g/mol. The molecule has 0 saturated carbocycles. The van der Waals surface area contributed by atoms with Gasteiger partial charge in [-0.05, 0) is 47.5 Å². The quantitative estimate of drug-likeness (QED) is 0.502. The Hall–Kier alpha value is -2.66. The second-order valence-electron chi connectivity index (χ2n) is 5.29. The zero-order chi connectivity index (χ0) is 16.9. The van der Waals surface area contributed by atoms with Crippen LogP contribution in [0.3, 0.4) is 0 Å². The van der Waals surface area contributed by atoms with Crippen molar-refractivity contribution in [1.29, 1.82) is 0 Å². The molecule has 0 aliphatic heterocycles. The van der Waals surface area contributed by atoms with Gasteiger partial charge in [-0.15, -0.1) is 11.3 Å². The number of methoxy groups -OCH3 is 1. The number of fused-ring (bicyclic) bond motifs is 1. The van der Waals surface area contributed by atoms with E-state index in [0.717, 1.165) is 27.0 Å². The van der Waals surface area contributed by atoms with Crippen LogP contribution in [-0.2, 0) is 9.53 Å². The number of carbonyl (C=O) groups excluding carboxylic acids is 1. The number of rotatable bonds is 5. The normalized spacial score (nSPS) is 12.4. The number of carbonyl (C=O) groups is 1. The van der Waals surface area contributed by atoms with Crippen LogP contribution in [-0.4, -0.2) is 18.1 Å². The number of thiazole rings is 1. The maximum absolute atomic E-state index is 11.9. The van der Waals surface area contributed by atoms with Crippen molar-refractivity contribution in [3.05, 3.63) is 64.6 Å². The van der Waals surface area contributed by atoms with Crippen molar-refractivity contribution >= 4 is 34.2 Å². The van der Waals surface area contributed by atoms with E-state index in [9.17, 15) is 4.79 Å². The van der Waals surface area contributed by atoms with Crippen molar-refractivity contribution in [2.75, 3.05) is 7.11 Å². The molecule has 4 nitrogen and oxygen atoms in total. The maximum atomic E-state index is 11.9. The lowest BCUT2D eigenvalue weighted by Gasteiger charge is -2.13. The fraction of sp³-hybridized carbons (Fsp3) is 0.158. The SMILES string of the molecule is COc1ccc2cc(C(C)OC(=O)/C=C/c3cncs3)ccc2c1. The van der Waals surface area contributed by atoms with Crippen LogP contribution in [0.15, 0.2) is 54.2 Å². The number of aromatic nitrogens is 1. The summed E-state index contributed by atoms with van der Waals surface area (Å²) in [6.45, 7) is 1.86. The van der Waals surface area contributed by atoms with Crippen LogP contribution in [0.4, 0.5) is 0 Å². The fourth-order valence-electron chi connectivity index (χ4n) is 2.36. The number of hydrogen-bond donors (Lipinski definition) is 0.